The fourth-order valence-electron chi connectivity index (χ4n) is 1.19. The van der Waals surface area contributed by atoms with Crippen LogP contribution >= 0.6 is 31.9 Å². The zero-order chi connectivity index (χ0) is 11.0. The number of amides is 4. The van der Waals surface area contributed by atoms with Crippen molar-refractivity contribution >= 4 is 49.7 Å². The van der Waals surface area contributed by atoms with Gasteiger partial charge in [-0.15, -0.1) is 0 Å². The van der Waals surface area contributed by atoms with Crippen LogP contribution in [0, 0.1) is 0 Å². The van der Waals surface area contributed by atoms with E-state index in [0.717, 1.165) is 9.80 Å². The van der Waals surface area contributed by atoms with Gasteiger partial charge in [-0.3, -0.25) is 9.59 Å². The molecule has 0 aromatic heterocycles. The van der Waals surface area contributed by atoms with Crippen LogP contribution in [0.2, 0.25) is 0 Å². The molecule has 0 radical (unpaired) electrons. The standard InChI is InChI=1S/C7H8Br2N2O3/c1-3(12)10-5(8)6(9)11(4(2)13)7(10)14/h5-6H,1-2H3/t5-,6-/m1/s1. The molecule has 7 heteroatoms. The molecule has 5 nitrogen and oxygen atoms in total. The molecule has 1 saturated heterocycles. The van der Waals surface area contributed by atoms with Gasteiger partial charge in [-0.1, -0.05) is 31.9 Å². The highest BCUT2D eigenvalue weighted by Crippen LogP contribution is 2.31. The number of alkyl halides is 2. The van der Waals surface area contributed by atoms with Crippen LogP contribution in [0.4, 0.5) is 4.79 Å². The number of rotatable bonds is 0. The number of carbonyl (C=O) groups is 3. The van der Waals surface area contributed by atoms with Crippen LogP contribution in [-0.2, 0) is 9.59 Å². The minimum Gasteiger partial charge on any atom is -0.275 e. The fourth-order valence-corrected chi connectivity index (χ4v) is 2.59. The summed E-state index contributed by atoms with van der Waals surface area (Å²) in [6.07, 6.45) is 0. The molecule has 14 heavy (non-hydrogen) atoms. The minimum absolute atomic E-state index is 0.398. The smallest absolute Gasteiger partial charge is 0.275 e. The van der Waals surface area contributed by atoms with Crippen LogP contribution in [0.15, 0.2) is 0 Å². The Labute approximate surface area is 97.7 Å². The third-order valence-electron chi connectivity index (χ3n) is 1.81. The van der Waals surface area contributed by atoms with Crippen molar-refractivity contribution in [1.82, 2.24) is 9.80 Å². The molecule has 2 atom stereocenters. The molecule has 0 aromatic rings. The normalized spacial score (nSPS) is 27.0. The zero-order valence-electron chi connectivity index (χ0n) is 7.53. The van der Waals surface area contributed by atoms with E-state index < -0.39 is 27.7 Å². The number of hydrogen-bond donors (Lipinski definition) is 0. The molecular weight excluding hydrogens is 320 g/mol. The van der Waals surface area contributed by atoms with Gasteiger partial charge in [0.2, 0.25) is 11.8 Å². The van der Waals surface area contributed by atoms with Crippen molar-refractivity contribution < 1.29 is 14.4 Å². The summed E-state index contributed by atoms with van der Waals surface area (Å²) in [5.74, 6) is -0.796. The van der Waals surface area contributed by atoms with Crippen LogP contribution in [0.25, 0.3) is 0 Å². The number of nitrogens with zero attached hydrogens (tertiary/aromatic N) is 2. The van der Waals surface area contributed by atoms with Gasteiger partial charge < -0.3 is 0 Å². The first kappa shape index (κ1) is 11.6. The highest BCUT2D eigenvalue weighted by Gasteiger charge is 2.47. The topological polar surface area (TPSA) is 57.7 Å². The number of urea groups is 1. The first-order valence-corrected chi connectivity index (χ1v) is 5.62. The molecule has 0 unspecified atom stereocenters. The Balaban J connectivity index is 3.02. The van der Waals surface area contributed by atoms with E-state index in [2.05, 4.69) is 31.9 Å². The maximum Gasteiger partial charge on any atom is 0.335 e. The maximum absolute atomic E-state index is 11.6. The average molecular weight is 328 g/mol. The van der Waals surface area contributed by atoms with E-state index in [1.54, 1.807) is 0 Å². The highest BCUT2D eigenvalue weighted by molar-refractivity contribution is 9.12. The summed E-state index contributed by atoms with van der Waals surface area (Å²) in [5.41, 5.74) is 0. The summed E-state index contributed by atoms with van der Waals surface area (Å²) in [5, 5.41) is 0. The van der Waals surface area contributed by atoms with Gasteiger partial charge in [0.15, 0.2) is 0 Å². The van der Waals surface area contributed by atoms with Crippen molar-refractivity contribution in [3.63, 3.8) is 0 Å². The van der Waals surface area contributed by atoms with Crippen LogP contribution in [0.1, 0.15) is 13.8 Å². The molecule has 0 aromatic carbocycles. The quantitative estimate of drug-likeness (QED) is 0.497. The van der Waals surface area contributed by atoms with Gasteiger partial charge in [0.05, 0.1) is 0 Å². The number of carbonyl (C=O) groups excluding carboxylic acids is 3. The van der Waals surface area contributed by atoms with Crippen molar-refractivity contribution in [2.24, 2.45) is 0 Å². The zero-order valence-corrected chi connectivity index (χ0v) is 10.7. The molecule has 0 bridgehead atoms. The van der Waals surface area contributed by atoms with E-state index in [4.69, 9.17) is 0 Å². The number of halogens is 2. The minimum atomic E-state index is -0.603. The maximum atomic E-state index is 11.6. The van der Waals surface area contributed by atoms with Gasteiger partial charge in [-0.05, 0) is 0 Å². The molecule has 0 saturated carbocycles. The van der Waals surface area contributed by atoms with E-state index >= 15 is 0 Å². The second-order valence-corrected chi connectivity index (χ2v) is 4.68. The Kier molecular flexibility index (Phi) is 3.31. The number of imide groups is 2. The molecule has 1 heterocycles. The SMILES string of the molecule is CC(=O)N1C(=O)N(C(C)=O)[C@@H](Br)[C@@H]1Br. The molecule has 1 aliphatic heterocycles. The van der Waals surface area contributed by atoms with Crippen LogP contribution in [0.3, 0.4) is 0 Å². The summed E-state index contributed by atoms with van der Waals surface area (Å²) >= 11 is 6.33. The van der Waals surface area contributed by atoms with E-state index in [1.165, 1.54) is 13.8 Å². The van der Waals surface area contributed by atoms with Crippen LogP contribution in [-0.4, -0.2) is 37.5 Å². The molecule has 4 amide bonds. The molecule has 1 rings (SSSR count). The molecule has 0 N–H and O–H groups in total. The third kappa shape index (κ3) is 1.70. The van der Waals surface area contributed by atoms with Crippen LogP contribution < -0.4 is 0 Å². The van der Waals surface area contributed by atoms with E-state index in [0.29, 0.717) is 0 Å². The lowest BCUT2D eigenvalue weighted by molar-refractivity contribution is -0.126. The van der Waals surface area contributed by atoms with Crippen molar-refractivity contribution in [3.05, 3.63) is 0 Å². The Morgan fingerprint density at radius 1 is 1.07 bits per heavy atom. The summed E-state index contributed by atoms with van der Waals surface area (Å²) in [4.78, 5) is 34.7. The van der Waals surface area contributed by atoms with Crippen molar-refractivity contribution in [2.75, 3.05) is 0 Å². The predicted molar refractivity (Wildman–Crippen MR) is 55.9 cm³/mol. The Morgan fingerprint density at radius 2 is 1.36 bits per heavy atom. The van der Waals surface area contributed by atoms with Crippen molar-refractivity contribution in [3.8, 4) is 0 Å². The Morgan fingerprint density at radius 3 is 1.50 bits per heavy atom. The molecular formula is C7H8Br2N2O3. The second-order valence-electron chi connectivity index (χ2n) is 2.81. The second kappa shape index (κ2) is 3.98. The fraction of sp³-hybridized carbons (Fsp3) is 0.571. The predicted octanol–water partition coefficient (Wildman–Crippen LogP) is 1.26. The van der Waals surface area contributed by atoms with Gasteiger partial charge in [0.25, 0.3) is 0 Å². The third-order valence-corrected chi connectivity index (χ3v) is 4.34. The largest absolute Gasteiger partial charge is 0.335 e. The molecule has 78 valence electrons. The molecule has 0 aliphatic carbocycles. The van der Waals surface area contributed by atoms with Crippen molar-refractivity contribution in [1.29, 1.82) is 0 Å². The van der Waals surface area contributed by atoms with Crippen LogP contribution in [0.5, 0.6) is 0 Å². The lowest BCUT2D eigenvalue weighted by Crippen LogP contribution is -2.38. The summed E-state index contributed by atoms with van der Waals surface area (Å²) in [6.45, 7) is 2.55. The lowest BCUT2D eigenvalue weighted by Gasteiger charge is -2.14. The van der Waals surface area contributed by atoms with Gasteiger partial charge in [-0.25, -0.2) is 14.6 Å². The van der Waals surface area contributed by atoms with E-state index in [1.807, 2.05) is 0 Å². The van der Waals surface area contributed by atoms with Gasteiger partial charge in [-0.2, -0.15) is 0 Å². The Hall–Kier alpha value is -0.430. The monoisotopic (exact) mass is 326 g/mol. The van der Waals surface area contributed by atoms with E-state index in [-0.39, 0.29) is 0 Å². The van der Waals surface area contributed by atoms with Crippen molar-refractivity contribution in [2.45, 2.75) is 23.7 Å². The molecule has 1 fully saturated rings. The van der Waals surface area contributed by atoms with Gasteiger partial charge in [0.1, 0.15) is 9.90 Å². The molecule has 0 spiro atoms. The summed E-state index contributed by atoms with van der Waals surface area (Å²) in [7, 11) is 0. The Bertz CT molecular complexity index is 279. The first-order chi connectivity index (χ1) is 6.37. The summed E-state index contributed by atoms with van der Waals surface area (Å²) in [6, 6.07) is -0.603. The van der Waals surface area contributed by atoms with Gasteiger partial charge in [0, 0.05) is 13.8 Å². The van der Waals surface area contributed by atoms with E-state index in [9.17, 15) is 14.4 Å². The highest BCUT2D eigenvalue weighted by atomic mass is 79.9. The number of hydrogen-bond acceptors (Lipinski definition) is 3. The summed E-state index contributed by atoms with van der Waals surface area (Å²) < 4.78 is 0. The molecule has 1 aliphatic rings. The average Bonchev–Trinajstić information content (AvgIpc) is 2.23. The van der Waals surface area contributed by atoms with Gasteiger partial charge >= 0.3 is 6.03 Å². The first-order valence-electron chi connectivity index (χ1n) is 3.79. The lowest BCUT2D eigenvalue weighted by atomic mass is 10.5.